The van der Waals surface area contributed by atoms with Gasteiger partial charge in [0.05, 0.1) is 0 Å². The predicted octanol–water partition coefficient (Wildman–Crippen LogP) is 3.41. The van der Waals surface area contributed by atoms with E-state index in [2.05, 4.69) is 59.3 Å². The fourth-order valence-corrected chi connectivity index (χ4v) is 4.90. The summed E-state index contributed by atoms with van der Waals surface area (Å²) in [5.74, 6) is 1.17. The maximum absolute atomic E-state index is 12.6. The van der Waals surface area contributed by atoms with Gasteiger partial charge in [-0.3, -0.25) is 0 Å². The smallest absolute Gasteiger partial charge is 0.317 e. The Morgan fingerprint density at radius 1 is 1.15 bits per heavy atom. The molecule has 2 aromatic rings. The molecule has 1 N–H and O–H groups in total. The van der Waals surface area contributed by atoms with Crippen molar-refractivity contribution in [3.05, 3.63) is 36.0 Å². The number of carbonyl (C=O) groups excluding carboxylic acids is 1. The molecule has 3 heterocycles. The van der Waals surface area contributed by atoms with Crippen LogP contribution < -0.4 is 5.32 Å². The summed E-state index contributed by atoms with van der Waals surface area (Å²) >= 11 is 0. The highest BCUT2D eigenvalue weighted by Gasteiger charge is 2.29. The number of nitrogens with zero attached hydrogens (tertiary/aromatic N) is 3. The highest BCUT2D eigenvalue weighted by molar-refractivity contribution is 5.84. The number of benzene rings is 1. The van der Waals surface area contributed by atoms with Crippen molar-refractivity contribution in [3.63, 3.8) is 0 Å². The molecule has 0 radical (unpaired) electrons. The molecule has 0 spiro atoms. The minimum Gasteiger partial charge on any atom is -0.350 e. The molecule has 2 unspecified atom stereocenters. The summed E-state index contributed by atoms with van der Waals surface area (Å²) in [5, 5.41) is 4.49. The molecule has 0 aliphatic carbocycles. The second kappa shape index (κ2) is 7.93. The topological polar surface area (TPSA) is 40.5 Å². The lowest BCUT2D eigenvalue weighted by molar-refractivity contribution is 0.193. The molecule has 1 aromatic heterocycles. The van der Waals surface area contributed by atoms with Gasteiger partial charge in [0.15, 0.2) is 0 Å². The number of hydrogen-bond donors (Lipinski definition) is 1. The van der Waals surface area contributed by atoms with Gasteiger partial charge >= 0.3 is 6.03 Å². The minimum atomic E-state index is 0.113. The normalized spacial score (nSPS) is 23.9. The fraction of sp³-hybridized carbons (Fsp3) is 0.591. The van der Waals surface area contributed by atoms with E-state index in [1.807, 2.05) is 4.90 Å². The Kier molecular flexibility index (Phi) is 5.39. The molecule has 2 fully saturated rings. The van der Waals surface area contributed by atoms with Crippen LogP contribution in [0.4, 0.5) is 4.79 Å². The van der Waals surface area contributed by atoms with E-state index in [4.69, 9.17) is 0 Å². The maximum Gasteiger partial charge on any atom is 0.317 e. The number of fused-ring (bicyclic) bond motifs is 1. The van der Waals surface area contributed by atoms with E-state index in [9.17, 15) is 4.79 Å². The number of amides is 2. The number of aryl methyl sites for hydroxylation is 1. The third-order valence-corrected chi connectivity index (χ3v) is 6.39. The molecule has 2 aliphatic rings. The Morgan fingerprint density at radius 3 is 2.85 bits per heavy atom. The van der Waals surface area contributed by atoms with Crippen molar-refractivity contribution in [3.8, 4) is 0 Å². The fourth-order valence-electron chi connectivity index (χ4n) is 4.90. The standard InChI is InChI=1S/C22H32N4O/c1-24-12-5-6-17(14-24)9-11-23-22(27)26-13-10-18(15-26)20-16-25(2)21-8-4-3-7-19(20)21/h3-4,7-8,16-18H,5-6,9-15H2,1-2H3,(H,23,27). The predicted molar refractivity (Wildman–Crippen MR) is 110 cm³/mol. The zero-order valence-corrected chi connectivity index (χ0v) is 16.7. The Bertz CT molecular complexity index is 799. The van der Waals surface area contributed by atoms with Crippen LogP contribution in [0.15, 0.2) is 30.5 Å². The van der Waals surface area contributed by atoms with Gasteiger partial charge in [0.1, 0.15) is 0 Å². The number of urea groups is 1. The molecule has 2 atom stereocenters. The van der Waals surface area contributed by atoms with E-state index in [-0.39, 0.29) is 6.03 Å². The summed E-state index contributed by atoms with van der Waals surface area (Å²) in [4.78, 5) is 17.0. The summed E-state index contributed by atoms with van der Waals surface area (Å²) in [5.41, 5.74) is 2.65. The summed E-state index contributed by atoms with van der Waals surface area (Å²) in [6.45, 7) is 4.86. The van der Waals surface area contributed by atoms with Crippen molar-refractivity contribution in [1.29, 1.82) is 0 Å². The number of piperidine rings is 1. The van der Waals surface area contributed by atoms with Crippen molar-refractivity contribution in [1.82, 2.24) is 19.7 Å². The first-order chi connectivity index (χ1) is 13.1. The minimum absolute atomic E-state index is 0.113. The molecule has 2 aliphatic heterocycles. The second-order valence-corrected chi connectivity index (χ2v) is 8.44. The van der Waals surface area contributed by atoms with Gasteiger partial charge in [-0.25, -0.2) is 4.79 Å². The van der Waals surface area contributed by atoms with Gasteiger partial charge in [-0.15, -0.1) is 0 Å². The number of nitrogens with one attached hydrogen (secondary N) is 1. The summed E-state index contributed by atoms with van der Waals surface area (Å²) < 4.78 is 2.20. The van der Waals surface area contributed by atoms with Crippen LogP contribution in [-0.2, 0) is 7.05 Å². The number of hydrogen-bond acceptors (Lipinski definition) is 2. The van der Waals surface area contributed by atoms with Crippen molar-refractivity contribution >= 4 is 16.9 Å². The lowest BCUT2D eigenvalue weighted by atomic mass is 9.95. The van der Waals surface area contributed by atoms with Gasteiger partial charge in [0, 0.05) is 56.2 Å². The highest BCUT2D eigenvalue weighted by Crippen LogP contribution is 2.33. The number of aromatic nitrogens is 1. The second-order valence-electron chi connectivity index (χ2n) is 8.44. The van der Waals surface area contributed by atoms with Gasteiger partial charge in [-0.2, -0.15) is 0 Å². The van der Waals surface area contributed by atoms with Gasteiger partial charge in [0.2, 0.25) is 0 Å². The van der Waals surface area contributed by atoms with Crippen LogP contribution in [-0.4, -0.2) is 60.2 Å². The van der Waals surface area contributed by atoms with Gasteiger partial charge in [-0.05, 0) is 56.8 Å². The van der Waals surface area contributed by atoms with Crippen LogP contribution in [0.2, 0.25) is 0 Å². The molecule has 5 heteroatoms. The van der Waals surface area contributed by atoms with Gasteiger partial charge in [0.25, 0.3) is 0 Å². The number of carbonyl (C=O) groups is 1. The Labute approximate surface area is 162 Å². The third-order valence-electron chi connectivity index (χ3n) is 6.39. The van der Waals surface area contributed by atoms with Crippen LogP contribution in [0.5, 0.6) is 0 Å². The molecule has 27 heavy (non-hydrogen) atoms. The van der Waals surface area contributed by atoms with Crippen LogP contribution in [0, 0.1) is 5.92 Å². The molecule has 0 bridgehead atoms. The van der Waals surface area contributed by atoms with E-state index in [0.717, 1.165) is 38.4 Å². The monoisotopic (exact) mass is 368 g/mol. The Balaban J connectivity index is 1.30. The quantitative estimate of drug-likeness (QED) is 0.898. The molecule has 0 saturated carbocycles. The summed E-state index contributed by atoms with van der Waals surface area (Å²) in [6, 6.07) is 8.68. The summed E-state index contributed by atoms with van der Waals surface area (Å²) in [6.07, 6.45) is 6.98. The van der Waals surface area contributed by atoms with Crippen LogP contribution in [0.25, 0.3) is 10.9 Å². The van der Waals surface area contributed by atoms with E-state index < -0.39 is 0 Å². The van der Waals surface area contributed by atoms with Crippen LogP contribution in [0.1, 0.15) is 37.2 Å². The van der Waals surface area contributed by atoms with Crippen molar-refractivity contribution < 1.29 is 4.79 Å². The first kappa shape index (κ1) is 18.4. The third kappa shape index (κ3) is 3.98. The lowest BCUT2D eigenvalue weighted by Gasteiger charge is -2.29. The lowest BCUT2D eigenvalue weighted by Crippen LogP contribution is -2.40. The average molecular weight is 369 g/mol. The molecule has 1 aromatic carbocycles. The van der Waals surface area contributed by atoms with E-state index in [1.165, 1.54) is 42.4 Å². The van der Waals surface area contributed by atoms with E-state index in [1.54, 1.807) is 0 Å². The van der Waals surface area contributed by atoms with Crippen molar-refractivity contribution in [2.75, 3.05) is 39.8 Å². The number of para-hydroxylation sites is 1. The number of likely N-dealkylation sites (tertiary alicyclic amines) is 2. The molecule has 2 saturated heterocycles. The van der Waals surface area contributed by atoms with E-state index in [0.29, 0.717) is 5.92 Å². The molecular weight excluding hydrogens is 336 g/mol. The summed E-state index contributed by atoms with van der Waals surface area (Å²) in [7, 11) is 4.30. The molecule has 2 amide bonds. The largest absolute Gasteiger partial charge is 0.350 e. The maximum atomic E-state index is 12.6. The van der Waals surface area contributed by atoms with Gasteiger partial charge < -0.3 is 19.7 Å². The molecular formula is C22H32N4O. The molecule has 5 nitrogen and oxygen atoms in total. The van der Waals surface area contributed by atoms with Crippen LogP contribution in [0.3, 0.4) is 0 Å². The SMILES string of the molecule is CN1CCCC(CCNC(=O)N2CCC(c3cn(C)c4ccccc34)C2)C1. The van der Waals surface area contributed by atoms with E-state index >= 15 is 0 Å². The van der Waals surface area contributed by atoms with Gasteiger partial charge in [-0.1, -0.05) is 18.2 Å². The van der Waals surface area contributed by atoms with Crippen molar-refractivity contribution in [2.45, 2.75) is 31.6 Å². The molecule has 146 valence electrons. The number of rotatable bonds is 4. The average Bonchev–Trinajstić information content (AvgIpc) is 3.27. The molecule has 4 rings (SSSR count). The Hall–Kier alpha value is -2.01. The first-order valence-corrected chi connectivity index (χ1v) is 10.4. The Morgan fingerprint density at radius 2 is 2.00 bits per heavy atom. The van der Waals surface area contributed by atoms with Crippen LogP contribution >= 0.6 is 0 Å². The highest BCUT2D eigenvalue weighted by atomic mass is 16.2. The van der Waals surface area contributed by atoms with Crippen molar-refractivity contribution in [2.24, 2.45) is 13.0 Å². The zero-order chi connectivity index (χ0) is 18.8. The first-order valence-electron chi connectivity index (χ1n) is 10.4. The zero-order valence-electron chi connectivity index (χ0n) is 16.7.